The van der Waals surface area contributed by atoms with Crippen LogP contribution in [-0.2, 0) is 10.0 Å². The minimum absolute atomic E-state index is 0. The fourth-order valence-corrected chi connectivity index (χ4v) is 3.47. The predicted octanol–water partition coefficient (Wildman–Crippen LogP) is 3.05. The van der Waals surface area contributed by atoms with Crippen LogP contribution < -0.4 is 10.0 Å². The van der Waals surface area contributed by atoms with Crippen LogP contribution in [0.5, 0.6) is 0 Å². The first-order chi connectivity index (χ1) is 10.6. The van der Waals surface area contributed by atoms with E-state index in [0.29, 0.717) is 18.0 Å². The summed E-state index contributed by atoms with van der Waals surface area (Å²) in [6.07, 6.45) is 1.03. The topological polar surface area (TPSA) is 58.2 Å². The lowest BCUT2D eigenvalue weighted by Crippen LogP contribution is -2.32. The van der Waals surface area contributed by atoms with Crippen LogP contribution in [-0.4, -0.2) is 28.1 Å². The lowest BCUT2D eigenvalue weighted by molar-refractivity contribution is 0.576. The molecule has 0 aliphatic carbocycles. The number of halogens is 1. The summed E-state index contributed by atoms with van der Waals surface area (Å²) in [5.74, 6) is 0. The maximum atomic E-state index is 12.5. The van der Waals surface area contributed by atoms with Gasteiger partial charge in [-0.05, 0) is 24.6 Å². The Morgan fingerprint density at radius 3 is 2.22 bits per heavy atom. The van der Waals surface area contributed by atoms with E-state index in [1.54, 1.807) is 12.1 Å². The maximum Gasteiger partial charge on any atom is 0.241 e. The first-order valence-corrected chi connectivity index (χ1v) is 8.98. The summed E-state index contributed by atoms with van der Waals surface area (Å²) in [7, 11) is -3.52. The van der Waals surface area contributed by atoms with Gasteiger partial charge in [0, 0.05) is 18.7 Å². The Morgan fingerprint density at radius 2 is 1.52 bits per heavy atom. The van der Waals surface area contributed by atoms with E-state index >= 15 is 0 Å². The average molecular weight is 355 g/mol. The number of sulfonamides is 1. The third-order valence-electron chi connectivity index (χ3n) is 3.28. The van der Waals surface area contributed by atoms with Gasteiger partial charge in [0.05, 0.1) is 4.90 Å². The second kappa shape index (κ2) is 9.67. The Balaban J connectivity index is 0.00000264. The van der Waals surface area contributed by atoms with Gasteiger partial charge in [0.15, 0.2) is 0 Å². The Bertz CT molecular complexity index is 691. The zero-order valence-electron chi connectivity index (χ0n) is 13.2. The highest BCUT2D eigenvalue weighted by Crippen LogP contribution is 2.26. The number of rotatable bonds is 8. The molecule has 0 radical (unpaired) electrons. The van der Waals surface area contributed by atoms with Gasteiger partial charge in [-0.1, -0.05) is 55.5 Å². The van der Waals surface area contributed by atoms with Crippen molar-refractivity contribution in [3.05, 3.63) is 54.6 Å². The molecule has 0 unspecified atom stereocenters. The molecule has 2 aromatic carbocycles. The highest BCUT2D eigenvalue weighted by Gasteiger charge is 2.18. The van der Waals surface area contributed by atoms with E-state index in [2.05, 4.69) is 17.0 Å². The van der Waals surface area contributed by atoms with Gasteiger partial charge in [-0.25, -0.2) is 13.1 Å². The Kier molecular flexibility index (Phi) is 8.26. The molecule has 0 aromatic heterocycles. The number of nitrogens with one attached hydrogen (secondary N) is 2. The molecule has 2 rings (SSSR count). The zero-order valence-corrected chi connectivity index (χ0v) is 14.8. The summed E-state index contributed by atoms with van der Waals surface area (Å²) in [5, 5.41) is 3.18. The SMILES string of the molecule is CCCNCCNS(=O)(=O)c1ccccc1-c1ccccc1.Cl. The van der Waals surface area contributed by atoms with Crippen molar-refractivity contribution < 1.29 is 8.42 Å². The normalized spacial score (nSPS) is 11.0. The largest absolute Gasteiger partial charge is 0.315 e. The van der Waals surface area contributed by atoms with E-state index in [1.807, 2.05) is 42.5 Å². The van der Waals surface area contributed by atoms with Gasteiger partial charge >= 0.3 is 0 Å². The fraction of sp³-hybridized carbons (Fsp3) is 0.294. The first-order valence-electron chi connectivity index (χ1n) is 7.50. The van der Waals surface area contributed by atoms with Crippen LogP contribution in [0.4, 0.5) is 0 Å². The number of hydrogen-bond acceptors (Lipinski definition) is 3. The molecule has 0 saturated carbocycles. The van der Waals surface area contributed by atoms with Crippen LogP contribution in [0.15, 0.2) is 59.5 Å². The molecule has 0 heterocycles. The summed E-state index contributed by atoms with van der Waals surface area (Å²) in [6, 6.07) is 16.6. The lowest BCUT2D eigenvalue weighted by Gasteiger charge is -2.12. The van der Waals surface area contributed by atoms with Crippen LogP contribution in [0.1, 0.15) is 13.3 Å². The first kappa shape index (κ1) is 19.6. The van der Waals surface area contributed by atoms with Gasteiger partial charge in [-0.3, -0.25) is 0 Å². The molecule has 2 aromatic rings. The van der Waals surface area contributed by atoms with E-state index in [9.17, 15) is 8.42 Å². The zero-order chi connectivity index (χ0) is 15.8. The smallest absolute Gasteiger partial charge is 0.241 e. The highest BCUT2D eigenvalue weighted by atomic mass is 35.5. The van der Waals surface area contributed by atoms with Crippen molar-refractivity contribution in [2.45, 2.75) is 18.2 Å². The number of hydrogen-bond donors (Lipinski definition) is 2. The molecule has 6 heteroatoms. The van der Waals surface area contributed by atoms with Gasteiger partial charge in [0.25, 0.3) is 0 Å². The molecule has 0 saturated heterocycles. The quantitative estimate of drug-likeness (QED) is 0.716. The van der Waals surface area contributed by atoms with Crippen molar-refractivity contribution in [3.8, 4) is 11.1 Å². The third-order valence-corrected chi connectivity index (χ3v) is 4.80. The molecule has 0 aliphatic heterocycles. The second-order valence-corrected chi connectivity index (χ2v) is 6.75. The molecular weight excluding hydrogens is 332 g/mol. The monoisotopic (exact) mass is 354 g/mol. The predicted molar refractivity (Wildman–Crippen MR) is 97.5 cm³/mol. The van der Waals surface area contributed by atoms with E-state index in [4.69, 9.17) is 0 Å². The maximum absolute atomic E-state index is 12.5. The van der Waals surface area contributed by atoms with Gasteiger partial charge in [-0.2, -0.15) is 0 Å². The van der Waals surface area contributed by atoms with Crippen molar-refractivity contribution in [1.29, 1.82) is 0 Å². The van der Waals surface area contributed by atoms with E-state index < -0.39 is 10.0 Å². The summed E-state index contributed by atoms with van der Waals surface area (Å²) in [5.41, 5.74) is 1.62. The standard InChI is InChI=1S/C17H22N2O2S.ClH/c1-2-12-18-13-14-19-22(20,21)17-11-7-6-10-16(17)15-8-4-3-5-9-15;/h3-11,18-19H,2,12-14H2,1H3;1H. The Labute approximate surface area is 144 Å². The van der Waals surface area contributed by atoms with Gasteiger partial charge in [0.2, 0.25) is 10.0 Å². The molecule has 0 spiro atoms. The Hall–Kier alpha value is -1.40. The van der Waals surface area contributed by atoms with Crippen molar-refractivity contribution in [2.75, 3.05) is 19.6 Å². The molecule has 0 bridgehead atoms. The van der Waals surface area contributed by atoms with E-state index in [-0.39, 0.29) is 12.4 Å². The van der Waals surface area contributed by atoms with Crippen molar-refractivity contribution in [3.63, 3.8) is 0 Å². The van der Waals surface area contributed by atoms with Crippen LogP contribution in [0, 0.1) is 0 Å². The average Bonchev–Trinajstić information content (AvgIpc) is 2.55. The van der Waals surface area contributed by atoms with E-state index in [1.165, 1.54) is 0 Å². The fourth-order valence-electron chi connectivity index (χ4n) is 2.21. The molecule has 0 fully saturated rings. The third kappa shape index (κ3) is 5.62. The van der Waals surface area contributed by atoms with Crippen molar-refractivity contribution in [2.24, 2.45) is 0 Å². The summed E-state index contributed by atoms with van der Waals surface area (Å²) in [4.78, 5) is 0.316. The summed E-state index contributed by atoms with van der Waals surface area (Å²) >= 11 is 0. The molecule has 0 amide bonds. The molecule has 0 aliphatic rings. The minimum Gasteiger partial charge on any atom is -0.315 e. The summed E-state index contributed by atoms with van der Waals surface area (Å²) < 4.78 is 27.7. The minimum atomic E-state index is -3.52. The van der Waals surface area contributed by atoms with Crippen molar-refractivity contribution >= 4 is 22.4 Å². The Morgan fingerprint density at radius 1 is 0.870 bits per heavy atom. The number of benzene rings is 2. The van der Waals surface area contributed by atoms with Crippen LogP contribution in [0.25, 0.3) is 11.1 Å². The van der Waals surface area contributed by atoms with Gasteiger partial charge in [-0.15, -0.1) is 12.4 Å². The molecule has 2 N–H and O–H groups in total. The van der Waals surface area contributed by atoms with E-state index in [0.717, 1.165) is 24.1 Å². The molecular formula is C17H23ClN2O2S. The van der Waals surface area contributed by atoms with Crippen LogP contribution in [0.3, 0.4) is 0 Å². The molecule has 0 atom stereocenters. The van der Waals surface area contributed by atoms with Gasteiger partial charge in [0.1, 0.15) is 0 Å². The lowest BCUT2D eigenvalue weighted by atomic mass is 10.1. The van der Waals surface area contributed by atoms with Crippen molar-refractivity contribution in [1.82, 2.24) is 10.0 Å². The molecule has 4 nitrogen and oxygen atoms in total. The second-order valence-electron chi connectivity index (χ2n) is 5.01. The van der Waals surface area contributed by atoms with Gasteiger partial charge < -0.3 is 5.32 Å². The highest BCUT2D eigenvalue weighted by molar-refractivity contribution is 7.89. The molecule has 23 heavy (non-hydrogen) atoms. The summed E-state index contributed by atoms with van der Waals surface area (Å²) in [6.45, 7) is 3.97. The molecule has 126 valence electrons. The van der Waals surface area contributed by atoms with Crippen LogP contribution >= 0.6 is 12.4 Å². The van der Waals surface area contributed by atoms with Crippen LogP contribution in [0.2, 0.25) is 0 Å².